The van der Waals surface area contributed by atoms with Gasteiger partial charge < -0.3 is 15.4 Å². The van der Waals surface area contributed by atoms with Crippen LogP contribution in [0.1, 0.15) is 37.5 Å². The van der Waals surface area contributed by atoms with E-state index >= 15 is 0 Å². The number of nitrogens with zero attached hydrogens (tertiary/aromatic N) is 2. The smallest absolute Gasteiger partial charge is 0.213 e. The normalized spacial score (nSPS) is 12.1. The zero-order valence-electron chi connectivity index (χ0n) is 17.8. The summed E-state index contributed by atoms with van der Waals surface area (Å²) >= 11 is 0. The SMILES string of the molecule is CCNC(=NCc1ccc(OC(C)C)nc1)NCc1cc(F)ccc1CS(C)(=O)=O. The highest BCUT2D eigenvalue weighted by atomic mass is 32.2. The number of hydrogen-bond acceptors (Lipinski definition) is 5. The van der Waals surface area contributed by atoms with Crippen molar-refractivity contribution in [1.82, 2.24) is 15.6 Å². The van der Waals surface area contributed by atoms with E-state index in [1.807, 2.05) is 26.8 Å². The monoisotopic (exact) mass is 436 g/mol. The maximum atomic E-state index is 13.7. The van der Waals surface area contributed by atoms with Crippen LogP contribution >= 0.6 is 0 Å². The number of ether oxygens (including phenoxy) is 1. The van der Waals surface area contributed by atoms with Crippen LogP contribution in [-0.2, 0) is 28.7 Å². The summed E-state index contributed by atoms with van der Waals surface area (Å²) in [6.45, 7) is 7.10. The third kappa shape index (κ3) is 8.36. The summed E-state index contributed by atoms with van der Waals surface area (Å²) in [5.74, 6) is 0.539. The molecule has 2 aromatic rings. The lowest BCUT2D eigenvalue weighted by Crippen LogP contribution is -2.37. The van der Waals surface area contributed by atoms with Gasteiger partial charge in [-0.1, -0.05) is 12.1 Å². The molecule has 0 aliphatic heterocycles. The van der Waals surface area contributed by atoms with Crippen LogP contribution in [0.25, 0.3) is 0 Å². The van der Waals surface area contributed by atoms with Crippen LogP contribution in [-0.4, -0.2) is 38.3 Å². The van der Waals surface area contributed by atoms with Crippen molar-refractivity contribution < 1.29 is 17.5 Å². The number of aromatic nitrogens is 1. The molecule has 2 N–H and O–H groups in total. The molecule has 0 fully saturated rings. The molecule has 0 unspecified atom stereocenters. The number of hydrogen-bond donors (Lipinski definition) is 2. The number of aliphatic imine (C=N–C) groups is 1. The van der Waals surface area contributed by atoms with Crippen molar-refractivity contribution in [2.75, 3.05) is 12.8 Å². The van der Waals surface area contributed by atoms with E-state index in [1.165, 1.54) is 18.2 Å². The molecular formula is C21H29FN4O3S. The third-order valence-electron chi connectivity index (χ3n) is 3.95. The van der Waals surface area contributed by atoms with Crippen LogP contribution in [0.4, 0.5) is 4.39 Å². The number of halogens is 1. The largest absolute Gasteiger partial charge is 0.475 e. The molecule has 9 heteroatoms. The summed E-state index contributed by atoms with van der Waals surface area (Å²) in [6, 6.07) is 7.81. The first kappa shape index (κ1) is 23.6. The molecule has 0 aliphatic carbocycles. The van der Waals surface area contributed by atoms with Crippen molar-refractivity contribution in [2.24, 2.45) is 4.99 Å². The summed E-state index contributed by atoms with van der Waals surface area (Å²) in [4.78, 5) is 8.78. The lowest BCUT2D eigenvalue weighted by Gasteiger charge is -2.14. The lowest BCUT2D eigenvalue weighted by atomic mass is 10.1. The highest BCUT2D eigenvalue weighted by Gasteiger charge is 2.11. The van der Waals surface area contributed by atoms with Crippen molar-refractivity contribution >= 4 is 15.8 Å². The molecule has 1 heterocycles. The Kier molecular flexibility index (Phi) is 8.58. The summed E-state index contributed by atoms with van der Waals surface area (Å²) in [6.07, 6.45) is 2.92. The maximum absolute atomic E-state index is 13.7. The van der Waals surface area contributed by atoms with Crippen LogP contribution in [0.2, 0.25) is 0 Å². The molecule has 1 aromatic heterocycles. The van der Waals surface area contributed by atoms with Crippen LogP contribution in [0, 0.1) is 5.82 Å². The molecule has 2 rings (SSSR count). The average molecular weight is 437 g/mol. The third-order valence-corrected chi connectivity index (χ3v) is 4.79. The van der Waals surface area contributed by atoms with E-state index in [9.17, 15) is 12.8 Å². The zero-order chi connectivity index (χ0) is 22.1. The van der Waals surface area contributed by atoms with E-state index in [0.717, 1.165) is 11.8 Å². The minimum atomic E-state index is -3.23. The van der Waals surface area contributed by atoms with Gasteiger partial charge in [-0.3, -0.25) is 0 Å². The minimum absolute atomic E-state index is 0.0568. The van der Waals surface area contributed by atoms with Gasteiger partial charge in [0.25, 0.3) is 0 Å². The molecule has 0 spiro atoms. The summed E-state index contributed by atoms with van der Waals surface area (Å²) in [5, 5.41) is 6.26. The Morgan fingerprint density at radius 2 is 1.97 bits per heavy atom. The van der Waals surface area contributed by atoms with Crippen molar-refractivity contribution in [3.8, 4) is 5.88 Å². The fourth-order valence-corrected chi connectivity index (χ4v) is 3.54. The van der Waals surface area contributed by atoms with Crippen LogP contribution in [0.15, 0.2) is 41.5 Å². The Morgan fingerprint density at radius 1 is 1.20 bits per heavy atom. The molecular weight excluding hydrogens is 407 g/mol. The van der Waals surface area contributed by atoms with E-state index in [2.05, 4.69) is 20.6 Å². The van der Waals surface area contributed by atoms with Gasteiger partial charge >= 0.3 is 0 Å². The molecule has 0 amide bonds. The molecule has 0 saturated heterocycles. The van der Waals surface area contributed by atoms with Gasteiger partial charge in [-0.2, -0.15) is 0 Å². The summed E-state index contributed by atoms with van der Waals surface area (Å²) < 4.78 is 42.5. The first-order chi connectivity index (χ1) is 14.2. The number of guanidine groups is 1. The number of nitrogens with one attached hydrogen (secondary N) is 2. The Balaban J connectivity index is 2.08. The van der Waals surface area contributed by atoms with Gasteiger partial charge in [-0.05, 0) is 49.6 Å². The average Bonchev–Trinajstić information content (AvgIpc) is 2.65. The molecule has 7 nitrogen and oxygen atoms in total. The van der Waals surface area contributed by atoms with E-state index < -0.39 is 15.7 Å². The number of pyridine rings is 1. The number of sulfone groups is 1. The lowest BCUT2D eigenvalue weighted by molar-refractivity contribution is 0.232. The fourth-order valence-electron chi connectivity index (χ4n) is 2.69. The predicted molar refractivity (Wildman–Crippen MR) is 117 cm³/mol. The molecule has 0 saturated carbocycles. The molecule has 164 valence electrons. The van der Waals surface area contributed by atoms with Gasteiger partial charge in [-0.15, -0.1) is 0 Å². The highest BCUT2D eigenvalue weighted by Crippen LogP contribution is 2.15. The topological polar surface area (TPSA) is 92.7 Å². The van der Waals surface area contributed by atoms with Gasteiger partial charge in [0.05, 0.1) is 18.4 Å². The van der Waals surface area contributed by atoms with E-state index in [-0.39, 0.29) is 18.4 Å². The van der Waals surface area contributed by atoms with Crippen LogP contribution in [0.3, 0.4) is 0 Å². The predicted octanol–water partition coefficient (Wildman–Crippen LogP) is 2.81. The second-order valence-corrected chi connectivity index (χ2v) is 9.34. The first-order valence-corrected chi connectivity index (χ1v) is 11.8. The van der Waals surface area contributed by atoms with E-state index in [4.69, 9.17) is 4.74 Å². The number of rotatable bonds is 9. The fraction of sp³-hybridized carbons (Fsp3) is 0.429. The standard InChI is InChI=1S/C21H29FN4O3S/c1-5-23-21(25-12-16-6-9-20(24-11-16)29-15(2)3)26-13-18-10-19(22)8-7-17(18)14-30(4,27)28/h6-11,15H,5,12-14H2,1-4H3,(H2,23,25,26). The minimum Gasteiger partial charge on any atom is -0.475 e. The maximum Gasteiger partial charge on any atom is 0.213 e. The molecule has 0 radical (unpaired) electrons. The van der Waals surface area contributed by atoms with Crippen molar-refractivity contribution in [3.05, 3.63) is 59.0 Å². The zero-order valence-corrected chi connectivity index (χ0v) is 18.6. The summed E-state index contributed by atoms with van der Waals surface area (Å²) in [5.41, 5.74) is 2.04. The van der Waals surface area contributed by atoms with Gasteiger partial charge in [-0.25, -0.2) is 22.8 Å². The van der Waals surface area contributed by atoms with Gasteiger partial charge in [0, 0.05) is 31.6 Å². The van der Waals surface area contributed by atoms with E-state index in [1.54, 1.807) is 12.3 Å². The molecule has 0 bridgehead atoms. The Hall–Kier alpha value is -2.68. The van der Waals surface area contributed by atoms with Crippen LogP contribution < -0.4 is 15.4 Å². The Morgan fingerprint density at radius 3 is 2.57 bits per heavy atom. The Bertz CT molecular complexity index is 961. The van der Waals surface area contributed by atoms with Crippen LogP contribution in [0.5, 0.6) is 5.88 Å². The quantitative estimate of drug-likeness (QED) is 0.464. The first-order valence-electron chi connectivity index (χ1n) is 9.75. The molecule has 0 aliphatic rings. The second kappa shape index (κ2) is 10.9. The van der Waals surface area contributed by atoms with Crippen molar-refractivity contribution in [3.63, 3.8) is 0 Å². The van der Waals surface area contributed by atoms with E-state index in [0.29, 0.717) is 36.1 Å². The molecule has 1 aromatic carbocycles. The van der Waals surface area contributed by atoms with Gasteiger partial charge in [0.1, 0.15) is 5.82 Å². The second-order valence-electron chi connectivity index (χ2n) is 7.20. The molecule has 30 heavy (non-hydrogen) atoms. The van der Waals surface area contributed by atoms with Gasteiger partial charge in [0.15, 0.2) is 15.8 Å². The van der Waals surface area contributed by atoms with Crippen molar-refractivity contribution in [2.45, 2.75) is 45.7 Å². The Labute approximate surface area is 177 Å². The summed E-state index contributed by atoms with van der Waals surface area (Å²) in [7, 11) is -3.23. The molecule has 0 atom stereocenters. The number of benzene rings is 1. The van der Waals surface area contributed by atoms with Crippen molar-refractivity contribution in [1.29, 1.82) is 0 Å². The van der Waals surface area contributed by atoms with Gasteiger partial charge in [0.2, 0.25) is 5.88 Å². The highest BCUT2D eigenvalue weighted by molar-refractivity contribution is 7.89.